The van der Waals surface area contributed by atoms with Crippen molar-refractivity contribution in [2.75, 3.05) is 12.4 Å². The van der Waals surface area contributed by atoms with E-state index in [0.717, 1.165) is 17.7 Å². The van der Waals surface area contributed by atoms with Crippen LogP contribution in [0.1, 0.15) is 17.5 Å². The maximum absolute atomic E-state index is 12.7. The van der Waals surface area contributed by atoms with Crippen LogP contribution in [0.5, 0.6) is 0 Å². The number of nitrogens with one attached hydrogen (secondary N) is 1. The Morgan fingerprint density at radius 2 is 1.78 bits per heavy atom. The van der Waals surface area contributed by atoms with E-state index >= 15 is 0 Å². The summed E-state index contributed by atoms with van der Waals surface area (Å²) in [6.45, 7) is 0.443. The number of halogens is 3. The number of carbonyl (C=O) groups excluding carboxylic acids is 2. The van der Waals surface area contributed by atoms with Gasteiger partial charge in [-0.1, -0.05) is 36.4 Å². The molecule has 0 bridgehead atoms. The van der Waals surface area contributed by atoms with Gasteiger partial charge >= 0.3 is 6.18 Å². The molecule has 1 saturated carbocycles. The lowest BCUT2D eigenvalue weighted by Gasteiger charge is -2.17. The zero-order valence-electron chi connectivity index (χ0n) is 14.7. The molecule has 1 aliphatic carbocycles. The van der Waals surface area contributed by atoms with Gasteiger partial charge in [0.2, 0.25) is 11.8 Å². The van der Waals surface area contributed by atoms with Gasteiger partial charge in [-0.05, 0) is 30.2 Å². The molecule has 27 heavy (non-hydrogen) atoms. The molecule has 1 fully saturated rings. The third kappa shape index (κ3) is 4.67. The first-order chi connectivity index (χ1) is 12.8. The summed E-state index contributed by atoms with van der Waals surface area (Å²) in [5.74, 6) is -1.50. The number of nitrogens with zero attached hydrogens (tertiary/aromatic N) is 1. The fraction of sp³-hybridized carbons (Fsp3) is 0.300. The molecular formula is C20H19F3N2O2. The molecule has 0 heterocycles. The Kier molecular flexibility index (Phi) is 5.21. The lowest BCUT2D eigenvalue weighted by molar-refractivity contribution is -0.137. The highest BCUT2D eigenvalue weighted by molar-refractivity contribution is 5.99. The summed E-state index contributed by atoms with van der Waals surface area (Å²) in [5, 5.41) is 2.48. The Morgan fingerprint density at radius 3 is 2.44 bits per heavy atom. The SMILES string of the molecule is CN(Cc1ccccc1)C(=O)C1CC1C(=O)Nc1cccc(C(F)(F)F)c1. The van der Waals surface area contributed by atoms with Crippen molar-refractivity contribution in [1.29, 1.82) is 0 Å². The molecule has 1 N–H and O–H groups in total. The third-order valence-electron chi connectivity index (χ3n) is 4.54. The van der Waals surface area contributed by atoms with Crippen LogP contribution in [0.4, 0.5) is 18.9 Å². The van der Waals surface area contributed by atoms with E-state index < -0.39 is 29.5 Å². The molecule has 2 amide bonds. The normalized spacial score (nSPS) is 18.7. The number of benzene rings is 2. The summed E-state index contributed by atoms with van der Waals surface area (Å²) >= 11 is 0. The van der Waals surface area contributed by atoms with Gasteiger partial charge in [-0.2, -0.15) is 13.2 Å². The first-order valence-corrected chi connectivity index (χ1v) is 8.53. The molecule has 3 rings (SSSR count). The van der Waals surface area contributed by atoms with Crippen LogP contribution in [0.25, 0.3) is 0 Å². The summed E-state index contributed by atoms with van der Waals surface area (Å²) in [4.78, 5) is 26.3. The lowest BCUT2D eigenvalue weighted by Crippen LogP contribution is -2.29. The van der Waals surface area contributed by atoms with E-state index in [0.29, 0.717) is 13.0 Å². The van der Waals surface area contributed by atoms with Gasteiger partial charge in [-0.15, -0.1) is 0 Å². The Hall–Kier alpha value is -2.83. The Balaban J connectivity index is 1.56. The average Bonchev–Trinajstić information content (AvgIpc) is 3.42. The minimum absolute atomic E-state index is 0.0746. The van der Waals surface area contributed by atoms with Crippen LogP contribution in [-0.2, 0) is 22.3 Å². The number of rotatable bonds is 5. The van der Waals surface area contributed by atoms with Crippen molar-refractivity contribution in [1.82, 2.24) is 4.90 Å². The molecular weight excluding hydrogens is 357 g/mol. The molecule has 142 valence electrons. The maximum atomic E-state index is 12.7. The highest BCUT2D eigenvalue weighted by atomic mass is 19.4. The van der Waals surface area contributed by atoms with Crippen molar-refractivity contribution in [3.05, 3.63) is 65.7 Å². The quantitative estimate of drug-likeness (QED) is 0.859. The summed E-state index contributed by atoms with van der Waals surface area (Å²) in [5.41, 5.74) is 0.232. The highest BCUT2D eigenvalue weighted by Gasteiger charge is 2.49. The monoisotopic (exact) mass is 376 g/mol. The number of amides is 2. The number of anilines is 1. The van der Waals surface area contributed by atoms with E-state index in [9.17, 15) is 22.8 Å². The second kappa shape index (κ2) is 7.42. The number of alkyl halides is 3. The first kappa shape index (κ1) is 18.9. The van der Waals surface area contributed by atoms with Gasteiger partial charge in [0.05, 0.1) is 17.4 Å². The smallest absolute Gasteiger partial charge is 0.341 e. The van der Waals surface area contributed by atoms with E-state index in [2.05, 4.69) is 5.32 Å². The molecule has 2 aromatic rings. The van der Waals surface area contributed by atoms with E-state index in [4.69, 9.17) is 0 Å². The predicted molar refractivity (Wildman–Crippen MR) is 94.6 cm³/mol. The van der Waals surface area contributed by atoms with Crippen LogP contribution < -0.4 is 5.32 Å². The van der Waals surface area contributed by atoms with Crippen molar-refractivity contribution >= 4 is 17.5 Å². The van der Waals surface area contributed by atoms with Crippen LogP contribution >= 0.6 is 0 Å². The molecule has 2 aromatic carbocycles. The minimum atomic E-state index is -4.47. The van der Waals surface area contributed by atoms with Crippen molar-refractivity contribution in [3.8, 4) is 0 Å². The number of hydrogen-bond donors (Lipinski definition) is 1. The molecule has 2 atom stereocenters. The van der Waals surface area contributed by atoms with Crippen LogP contribution in [-0.4, -0.2) is 23.8 Å². The average molecular weight is 376 g/mol. The molecule has 1 aliphatic rings. The van der Waals surface area contributed by atoms with E-state index in [-0.39, 0.29) is 11.6 Å². The number of hydrogen-bond acceptors (Lipinski definition) is 2. The summed E-state index contributed by atoms with van der Waals surface area (Å²) in [7, 11) is 1.68. The minimum Gasteiger partial charge on any atom is -0.341 e. The van der Waals surface area contributed by atoms with Gasteiger partial charge in [-0.25, -0.2) is 0 Å². The van der Waals surface area contributed by atoms with Crippen molar-refractivity contribution in [2.24, 2.45) is 11.8 Å². The third-order valence-corrected chi connectivity index (χ3v) is 4.54. The Morgan fingerprint density at radius 1 is 1.07 bits per heavy atom. The molecule has 7 heteroatoms. The van der Waals surface area contributed by atoms with E-state index in [1.807, 2.05) is 30.3 Å². The van der Waals surface area contributed by atoms with Crippen molar-refractivity contribution in [3.63, 3.8) is 0 Å². The van der Waals surface area contributed by atoms with Gasteiger partial charge in [0.25, 0.3) is 0 Å². The fourth-order valence-electron chi connectivity index (χ4n) is 2.98. The second-order valence-corrected chi connectivity index (χ2v) is 6.70. The Labute approximate surface area is 155 Å². The van der Waals surface area contributed by atoms with Gasteiger partial charge in [0.15, 0.2) is 0 Å². The summed E-state index contributed by atoms with van der Waals surface area (Å²) in [6, 6.07) is 13.9. The van der Waals surface area contributed by atoms with Crippen molar-refractivity contribution < 1.29 is 22.8 Å². The summed E-state index contributed by atoms with van der Waals surface area (Å²) < 4.78 is 38.2. The zero-order valence-corrected chi connectivity index (χ0v) is 14.7. The van der Waals surface area contributed by atoms with Crippen LogP contribution in [0, 0.1) is 11.8 Å². The van der Waals surface area contributed by atoms with Gasteiger partial charge in [0.1, 0.15) is 0 Å². The molecule has 0 aliphatic heterocycles. The van der Waals surface area contributed by atoms with Gasteiger partial charge < -0.3 is 10.2 Å². The molecule has 4 nitrogen and oxygen atoms in total. The number of carbonyl (C=O) groups is 2. The lowest BCUT2D eigenvalue weighted by atomic mass is 10.2. The Bertz CT molecular complexity index is 837. The molecule has 2 unspecified atom stereocenters. The van der Waals surface area contributed by atoms with E-state index in [1.54, 1.807) is 11.9 Å². The zero-order chi connectivity index (χ0) is 19.6. The molecule has 0 spiro atoms. The predicted octanol–water partition coefficient (Wildman–Crippen LogP) is 3.94. The fourth-order valence-corrected chi connectivity index (χ4v) is 2.98. The highest BCUT2D eigenvalue weighted by Crippen LogP contribution is 2.41. The van der Waals surface area contributed by atoms with Crippen LogP contribution in [0.2, 0.25) is 0 Å². The summed E-state index contributed by atoms with van der Waals surface area (Å²) in [6.07, 6.45) is -4.07. The molecule has 0 saturated heterocycles. The van der Waals surface area contributed by atoms with Crippen LogP contribution in [0.3, 0.4) is 0 Å². The van der Waals surface area contributed by atoms with Gasteiger partial charge in [-0.3, -0.25) is 9.59 Å². The largest absolute Gasteiger partial charge is 0.416 e. The van der Waals surface area contributed by atoms with Crippen molar-refractivity contribution in [2.45, 2.75) is 19.1 Å². The first-order valence-electron chi connectivity index (χ1n) is 8.53. The standard InChI is InChI=1S/C20H19F3N2O2/c1-25(12-13-6-3-2-4-7-13)19(27)17-11-16(17)18(26)24-15-9-5-8-14(10-15)20(21,22)23/h2-10,16-17H,11-12H2,1H3,(H,24,26). The van der Waals surface area contributed by atoms with E-state index in [1.165, 1.54) is 12.1 Å². The maximum Gasteiger partial charge on any atom is 0.416 e. The molecule has 0 aromatic heterocycles. The second-order valence-electron chi connectivity index (χ2n) is 6.70. The van der Waals surface area contributed by atoms with Gasteiger partial charge in [0, 0.05) is 19.3 Å². The van der Waals surface area contributed by atoms with Crippen LogP contribution in [0.15, 0.2) is 54.6 Å². The topological polar surface area (TPSA) is 49.4 Å². The molecule has 0 radical (unpaired) electrons.